The number of aromatic nitrogens is 1. The molecule has 150 valence electrons. The Labute approximate surface area is 157 Å². The van der Waals surface area contributed by atoms with Crippen LogP contribution in [-0.2, 0) is 16.6 Å². The molecule has 0 aliphatic heterocycles. The molecule has 1 aromatic rings. The average Bonchev–Trinajstić information content (AvgIpc) is 3.10. The topological polar surface area (TPSA) is 99.8 Å². The van der Waals surface area contributed by atoms with E-state index in [4.69, 9.17) is 4.52 Å². The molecule has 1 rings (SSSR count). The van der Waals surface area contributed by atoms with Crippen molar-refractivity contribution in [2.24, 2.45) is 4.99 Å². The molecule has 0 bridgehead atoms. The highest BCUT2D eigenvalue weighted by Gasteiger charge is 2.14. The van der Waals surface area contributed by atoms with Crippen LogP contribution in [0.5, 0.6) is 0 Å². The van der Waals surface area contributed by atoms with Crippen LogP contribution in [-0.4, -0.2) is 56.8 Å². The summed E-state index contributed by atoms with van der Waals surface area (Å²) >= 11 is 0. The third kappa shape index (κ3) is 6.95. The first-order valence-electron chi connectivity index (χ1n) is 9.21. The molecular weight excluding hydrogens is 354 g/mol. The van der Waals surface area contributed by atoms with Gasteiger partial charge in [0, 0.05) is 39.2 Å². The molecule has 0 spiro atoms. The van der Waals surface area contributed by atoms with Gasteiger partial charge in [-0.25, -0.2) is 12.7 Å². The third-order valence-electron chi connectivity index (χ3n) is 4.42. The maximum atomic E-state index is 11.7. The Kier molecular flexibility index (Phi) is 9.64. The summed E-state index contributed by atoms with van der Waals surface area (Å²) < 4.78 is 30.1. The molecule has 0 amide bonds. The fourth-order valence-corrected chi connectivity index (χ4v) is 3.42. The summed E-state index contributed by atoms with van der Waals surface area (Å²) in [7, 11) is 0.178. The summed E-state index contributed by atoms with van der Waals surface area (Å²) in [5.41, 5.74) is 0.995. The van der Waals surface area contributed by atoms with Gasteiger partial charge in [-0.1, -0.05) is 19.0 Å². The number of hydrogen-bond acceptors (Lipinski definition) is 5. The second kappa shape index (κ2) is 11.2. The Balaban J connectivity index is 2.38. The van der Waals surface area contributed by atoms with Crippen molar-refractivity contribution < 1.29 is 12.9 Å². The van der Waals surface area contributed by atoms with Gasteiger partial charge in [-0.2, -0.15) is 0 Å². The lowest BCUT2D eigenvalue weighted by molar-refractivity contribution is 0.368. The van der Waals surface area contributed by atoms with Crippen molar-refractivity contribution in [1.29, 1.82) is 0 Å². The molecule has 2 N–H and O–H groups in total. The van der Waals surface area contributed by atoms with Gasteiger partial charge in [-0.05, 0) is 26.2 Å². The van der Waals surface area contributed by atoms with Crippen molar-refractivity contribution in [2.45, 2.75) is 52.5 Å². The average molecular weight is 388 g/mol. The zero-order valence-electron chi connectivity index (χ0n) is 16.6. The lowest BCUT2D eigenvalue weighted by Crippen LogP contribution is -2.38. The number of aliphatic imine (C=N–C) groups is 1. The van der Waals surface area contributed by atoms with Gasteiger partial charge < -0.3 is 15.2 Å². The second-order valence-corrected chi connectivity index (χ2v) is 8.52. The molecule has 0 saturated carbocycles. The van der Waals surface area contributed by atoms with Crippen LogP contribution in [0.25, 0.3) is 0 Å². The number of rotatable bonds is 11. The quantitative estimate of drug-likeness (QED) is 0.342. The van der Waals surface area contributed by atoms with Gasteiger partial charge in [-0.15, -0.1) is 0 Å². The molecule has 0 unspecified atom stereocenters. The van der Waals surface area contributed by atoms with E-state index in [1.807, 2.05) is 6.07 Å². The lowest BCUT2D eigenvalue weighted by Gasteiger charge is -2.16. The first-order valence-corrected chi connectivity index (χ1v) is 10.8. The van der Waals surface area contributed by atoms with Gasteiger partial charge in [0.1, 0.15) is 0 Å². The first-order chi connectivity index (χ1) is 12.4. The molecule has 0 atom stereocenters. The van der Waals surface area contributed by atoms with E-state index >= 15 is 0 Å². The Morgan fingerprint density at radius 2 is 2.00 bits per heavy atom. The molecule has 1 aromatic heterocycles. The zero-order valence-corrected chi connectivity index (χ0v) is 17.4. The fraction of sp³-hybridized carbons (Fsp3) is 0.765. The Bertz CT molecular complexity index is 653. The maximum absolute atomic E-state index is 11.7. The standard InChI is InChI=1S/C17H33N5O3S/c1-6-14(7-2)16-12-15(25-21-16)13-20-17(18-4)19-10-9-11-22(5)26(23,24)8-3/h12,14H,6-11,13H2,1-5H3,(H2,18,19,20). The van der Waals surface area contributed by atoms with Gasteiger partial charge in [0.25, 0.3) is 0 Å². The summed E-state index contributed by atoms with van der Waals surface area (Å²) in [6, 6.07) is 1.99. The van der Waals surface area contributed by atoms with Crippen LogP contribution in [0, 0.1) is 0 Å². The molecule has 0 aliphatic carbocycles. The highest BCUT2D eigenvalue weighted by atomic mass is 32.2. The van der Waals surface area contributed by atoms with Crippen LogP contribution in [0.4, 0.5) is 0 Å². The van der Waals surface area contributed by atoms with Crippen molar-refractivity contribution in [2.75, 3.05) is 32.9 Å². The molecule has 1 heterocycles. The number of guanidine groups is 1. The van der Waals surface area contributed by atoms with Crippen molar-refractivity contribution in [1.82, 2.24) is 20.1 Å². The summed E-state index contributed by atoms with van der Waals surface area (Å²) in [5.74, 6) is 1.97. The second-order valence-electron chi connectivity index (χ2n) is 6.16. The molecule has 8 nitrogen and oxygen atoms in total. The van der Waals surface area contributed by atoms with Gasteiger partial charge >= 0.3 is 0 Å². The monoisotopic (exact) mass is 387 g/mol. The van der Waals surface area contributed by atoms with E-state index in [0.717, 1.165) is 24.3 Å². The van der Waals surface area contributed by atoms with Crippen LogP contribution < -0.4 is 10.6 Å². The van der Waals surface area contributed by atoms with Crippen molar-refractivity contribution in [3.8, 4) is 0 Å². The lowest BCUT2D eigenvalue weighted by atomic mass is 9.99. The third-order valence-corrected chi connectivity index (χ3v) is 6.28. The summed E-state index contributed by atoms with van der Waals surface area (Å²) in [5, 5.41) is 10.5. The van der Waals surface area contributed by atoms with E-state index < -0.39 is 10.0 Å². The Hall–Kier alpha value is -1.61. The van der Waals surface area contributed by atoms with Crippen molar-refractivity contribution >= 4 is 16.0 Å². The minimum Gasteiger partial charge on any atom is -0.359 e. The van der Waals surface area contributed by atoms with Crippen molar-refractivity contribution in [3.05, 3.63) is 17.5 Å². The minimum atomic E-state index is -3.12. The maximum Gasteiger partial charge on any atom is 0.213 e. The van der Waals surface area contributed by atoms with Crippen LogP contribution in [0.1, 0.15) is 57.4 Å². The van der Waals surface area contributed by atoms with Gasteiger partial charge in [0.05, 0.1) is 18.0 Å². The van der Waals surface area contributed by atoms with E-state index in [9.17, 15) is 8.42 Å². The SMILES string of the molecule is CCC(CC)c1cc(CNC(=NC)NCCCN(C)S(=O)(=O)CC)on1. The fourth-order valence-electron chi connectivity index (χ4n) is 2.57. The minimum absolute atomic E-state index is 0.121. The molecule has 9 heteroatoms. The first kappa shape index (κ1) is 22.4. The molecule has 26 heavy (non-hydrogen) atoms. The molecule has 0 aromatic carbocycles. The smallest absolute Gasteiger partial charge is 0.213 e. The normalized spacial score (nSPS) is 12.8. The molecule has 0 aliphatic rings. The Morgan fingerprint density at radius 1 is 1.31 bits per heavy atom. The van der Waals surface area contributed by atoms with Gasteiger partial charge in [-0.3, -0.25) is 4.99 Å². The molecule has 0 radical (unpaired) electrons. The van der Waals surface area contributed by atoms with Gasteiger partial charge in [0.15, 0.2) is 11.7 Å². The van der Waals surface area contributed by atoms with Crippen LogP contribution in [0.3, 0.4) is 0 Å². The van der Waals surface area contributed by atoms with Crippen LogP contribution >= 0.6 is 0 Å². The number of sulfonamides is 1. The highest BCUT2D eigenvalue weighted by Crippen LogP contribution is 2.22. The number of nitrogens with one attached hydrogen (secondary N) is 2. The Morgan fingerprint density at radius 3 is 2.58 bits per heavy atom. The molecular formula is C17H33N5O3S. The van der Waals surface area contributed by atoms with Crippen LogP contribution in [0.2, 0.25) is 0 Å². The summed E-state index contributed by atoms with van der Waals surface area (Å²) in [6.07, 6.45) is 2.78. The van der Waals surface area contributed by atoms with E-state index in [1.54, 1.807) is 21.0 Å². The van der Waals surface area contributed by atoms with E-state index in [1.165, 1.54) is 4.31 Å². The van der Waals surface area contributed by atoms with E-state index in [-0.39, 0.29) is 5.75 Å². The van der Waals surface area contributed by atoms with Crippen molar-refractivity contribution in [3.63, 3.8) is 0 Å². The van der Waals surface area contributed by atoms with E-state index in [0.29, 0.717) is 37.9 Å². The molecule has 0 saturated heterocycles. The predicted molar refractivity (Wildman–Crippen MR) is 105 cm³/mol. The summed E-state index contributed by atoms with van der Waals surface area (Å²) in [4.78, 5) is 4.16. The number of nitrogens with zero attached hydrogens (tertiary/aromatic N) is 3. The van der Waals surface area contributed by atoms with Gasteiger partial charge in [0.2, 0.25) is 10.0 Å². The predicted octanol–water partition coefficient (Wildman–Crippen LogP) is 1.91. The van der Waals surface area contributed by atoms with E-state index in [2.05, 4.69) is 34.6 Å². The van der Waals surface area contributed by atoms with Crippen LogP contribution in [0.15, 0.2) is 15.6 Å². The highest BCUT2D eigenvalue weighted by molar-refractivity contribution is 7.89. The largest absolute Gasteiger partial charge is 0.359 e. The molecule has 0 fully saturated rings. The number of hydrogen-bond donors (Lipinski definition) is 2. The summed E-state index contributed by atoms with van der Waals surface area (Å²) in [6.45, 7) is 7.54. The zero-order chi connectivity index (χ0) is 19.6.